The molecule has 168 valence electrons. The average molecular weight is 443 g/mol. The summed E-state index contributed by atoms with van der Waals surface area (Å²) in [6.45, 7) is 5.25. The highest BCUT2D eigenvalue weighted by Crippen LogP contribution is 2.29. The molecule has 1 saturated heterocycles. The molecule has 2 aromatic carbocycles. The van der Waals surface area contributed by atoms with Crippen molar-refractivity contribution in [3.05, 3.63) is 92.7 Å². The topological polar surface area (TPSA) is 90.5 Å². The lowest BCUT2D eigenvalue weighted by Crippen LogP contribution is -2.35. The van der Waals surface area contributed by atoms with Crippen LogP contribution >= 0.6 is 0 Å². The highest BCUT2D eigenvalue weighted by atomic mass is 16.5. The van der Waals surface area contributed by atoms with Gasteiger partial charge in [-0.15, -0.1) is 0 Å². The summed E-state index contributed by atoms with van der Waals surface area (Å²) in [7, 11) is 0. The predicted molar refractivity (Wildman–Crippen MR) is 125 cm³/mol. The predicted octanol–water partition coefficient (Wildman–Crippen LogP) is 2.09. The standard InChI is InChI=1S/C26H26N4O3/c31-25-24(28-17-29-26(25)32)14-23-22-8-7-19(13-21(22)15-27-23)4-1-18-2-5-20(6-3-18)16-30-9-11-33-12-10-30/h2-3,5-8,13,17,23,27,31H,9-12,14-16H2,(H,28,29,32). The van der Waals surface area contributed by atoms with Crippen LogP contribution in [0.3, 0.4) is 0 Å². The summed E-state index contributed by atoms with van der Waals surface area (Å²) in [5.74, 6) is 6.22. The van der Waals surface area contributed by atoms with Crippen molar-refractivity contribution < 1.29 is 9.84 Å². The molecule has 0 spiro atoms. The van der Waals surface area contributed by atoms with Crippen LogP contribution in [0.2, 0.25) is 0 Å². The van der Waals surface area contributed by atoms with Gasteiger partial charge in [-0.1, -0.05) is 30.0 Å². The number of hydrogen-bond acceptors (Lipinski definition) is 6. The second kappa shape index (κ2) is 9.59. The Kier molecular flexibility index (Phi) is 6.22. The fourth-order valence-electron chi connectivity index (χ4n) is 4.33. The van der Waals surface area contributed by atoms with Gasteiger partial charge < -0.3 is 20.1 Å². The molecule has 3 heterocycles. The molecule has 3 aromatic rings. The third-order valence-corrected chi connectivity index (χ3v) is 6.17. The SMILES string of the molecule is O=c1[nH]cnc(CC2NCc3cc(C#Cc4ccc(CN5CCOCC5)cc4)ccc32)c1O. The van der Waals surface area contributed by atoms with Crippen molar-refractivity contribution in [1.82, 2.24) is 20.2 Å². The van der Waals surface area contributed by atoms with E-state index in [-0.39, 0.29) is 11.8 Å². The monoisotopic (exact) mass is 442 g/mol. The van der Waals surface area contributed by atoms with Gasteiger partial charge in [-0.2, -0.15) is 0 Å². The largest absolute Gasteiger partial charge is 0.502 e. The van der Waals surface area contributed by atoms with E-state index in [1.165, 1.54) is 17.5 Å². The second-order valence-electron chi connectivity index (χ2n) is 8.41. The zero-order chi connectivity index (χ0) is 22.6. The minimum absolute atomic E-state index is 0.00113. The van der Waals surface area contributed by atoms with Crippen LogP contribution in [0.15, 0.2) is 53.6 Å². The summed E-state index contributed by atoms with van der Waals surface area (Å²) in [4.78, 5) is 20.5. The van der Waals surface area contributed by atoms with Crippen LogP contribution in [0.1, 0.15) is 39.6 Å². The minimum Gasteiger partial charge on any atom is -0.502 e. The Bertz CT molecular complexity index is 1250. The Balaban J connectivity index is 1.25. The van der Waals surface area contributed by atoms with E-state index in [0.717, 1.165) is 56.1 Å². The third kappa shape index (κ3) is 4.99. The zero-order valence-electron chi connectivity index (χ0n) is 18.3. The first kappa shape index (κ1) is 21.4. The Morgan fingerprint density at radius 1 is 1.09 bits per heavy atom. The molecular formula is C26H26N4O3. The van der Waals surface area contributed by atoms with Crippen LogP contribution in [0, 0.1) is 11.8 Å². The number of aromatic amines is 1. The number of nitrogens with zero attached hydrogens (tertiary/aromatic N) is 2. The third-order valence-electron chi connectivity index (χ3n) is 6.17. The van der Waals surface area contributed by atoms with Gasteiger partial charge in [-0.3, -0.25) is 9.69 Å². The van der Waals surface area contributed by atoms with Crippen LogP contribution in [-0.4, -0.2) is 46.3 Å². The van der Waals surface area contributed by atoms with Crippen molar-refractivity contribution in [3.63, 3.8) is 0 Å². The van der Waals surface area contributed by atoms with E-state index < -0.39 is 5.56 Å². The maximum atomic E-state index is 11.6. The van der Waals surface area contributed by atoms with Gasteiger partial charge in [0.05, 0.1) is 25.2 Å². The van der Waals surface area contributed by atoms with Gasteiger partial charge in [0.2, 0.25) is 5.75 Å². The summed E-state index contributed by atoms with van der Waals surface area (Å²) in [5, 5.41) is 13.4. The number of rotatable bonds is 4. The molecule has 1 fully saturated rings. The van der Waals surface area contributed by atoms with E-state index in [1.807, 2.05) is 6.07 Å². The van der Waals surface area contributed by atoms with Crippen molar-refractivity contribution in [2.75, 3.05) is 26.3 Å². The van der Waals surface area contributed by atoms with Gasteiger partial charge in [0.1, 0.15) is 0 Å². The highest BCUT2D eigenvalue weighted by Gasteiger charge is 2.24. The molecular weight excluding hydrogens is 416 g/mol. The van der Waals surface area contributed by atoms with Gasteiger partial charge in [-0.25, -0.2) is 4.98 Å². The molecule has 0 saturated carbocycles. The first-order chi connectivity index (χ1) is 16.2. The molecule has 7 nitrogen and oxygen atoms in total. The van der Waals surface area contributed by atoms with Gasteiger partial charge >= 0.3 is 0 Å². The summed E-state index contributed by atoms with van der Waals surface area (Å²) in [5.41, 5.74) is 5.45. The molecule has 0 amide bonds. The van der Waals surface area contributed by atoms with E-state index in [1.54, 1.807) is 0 Å². The normalized spacial score (nSPS) is 17.9. The van der Waals surface area contributed by atoms with Gasteiger partial charge in [0, 0.05) is 49.8 Å². The zero-order valence-corrected chi connectivity index (χ0v) is 18.3. The molecule has 5 rings (SSSR count). The number of nitrogens with one attached hydrogen (secondary N) is 2. The number of fused-ring (bicyclic) bond motifs is 1. The fraction of sp³-hybridized carbons (Fsp3) is 0.308. The van der Waals surface area contributed by atoms with Crippen molar-refractivity contribution in [3.8, 4) is 17.6 Å². The van der Waals surface area contributed by atoms with Gasteiger partial charge in [-0.05, 0) is 41.0 Å². The van der Waals surface area contributed by atoms with Crippen LogP contribution in [-0.2, 0) is 24.2 Å². The maximum Gasteiger partial charge on any atom is 0.293 e. The summed E-state index contributed by atoms with van der Waals surface area (Å²) < 4.78 is 5.41. The average Bonchev–Trinajstić information content (AvgIpc) is 3.24. The number of H-pyrrole nitrogens is 1. The molecule has 3 N–H and O–H groups in total. The van der Waals surface area contributed by atoms with E-state index in [2.05, 4.69) is 68.4 Å². The Morgan fingerprint density at radius 3 is 2.67 bits per heavy atom. The lowest BCUT2D eigenvalue weighted by atomic mass is 9.99. The lowest BCUT2D eigenvalue weighted by Gasteiger charge is -2.26. The Labute approximate surface area is 192 Å². The number of ether oxygens (including phenoxy) is 1. The van der Waals surface area contributed by atoms with Crippen molar-refractivity contribution >= 4 is 0 Å². The molecule has 33 heavy (non-hydrogen) atoms. The van der Waals surface area contributed by atoms with Crippen molar-refractivity contribution in [2.24, 2.45) is 0 Å². The van der Waals surface area contributed by atoms with E-state index in [0.29, 0.717) is 12.1 Å². The maximum absolute atomic E-state index is 11.6. The van der Waals surface area contributed by atoms with Crippen LogP contribution < -0.4 is 10.9 Å². The van der Waals surface area contributed by atoms with Crippen molar-refractivity contribution in [2.45, 2.75) is 25.6 Å². The van der Waals surface area contributed by atoms with Crippen LogP contribution in [0.25, 0.3) is 0 Å². The smallest absolute Gasteiger partial charge is 0.293 e. The van der Waals surface area contributed by atoms with E-state index >= 15 is 0 Å². The molecule has 0 bridgehead atoms. The van der Waals surface area contributed by atoms with Crippen LogP contribution in [0.4, 0.5) is 0 Å². The van der Waals surface area contributed by atoms with Gasteiger partial charge in [0.15, 0.2) is 0 Å². The molecule has 0 aliphatic carbocycles. The van der Waals surface area contributed by atoms with E-state index in [9.17, 15) is 9.90 Å². The molecule has 7 heteroatoms. The summed E-state index contributed by atoms with van der Waals surface area (Å²) in [6, 6.07) is 14.6. The first-order valence-electron chi connectivity index (χ1n) is 11.2. The number of morpholine rings is 1. The molecule has 2 aliphatic heterocycles. The fourth-order valence-corrected chi connectivity index (χ4v) is 4.33. The molecule has 2 aliphatic rings. The lowest BCUT2D eigenvalue weighted by molar-refractivity contribution is 0.0342. The minimum atomic E-state index is -0.516. The van der Waals surface area contributed by atoms with Crippen LogP contribution in [0.5, 0.6) is 5.75 Å². The second-order valence-corrected chi connectivity index (χ2v) is 8.41. The summed E-state index contributed by atoms with van der Waals surface area (Å²) >= 11 is 0. The Hall–Kier alpha value is -3.44. The van der Waals surface area contributed by atoms with Crippen molar-refractivity contribution in [1.29, 1.82) is 0 Å². The van der Waals surface area contributed by atoms with Gasteiger partial charge in [0.25, 0.3) is 5.56 Å². The summed E-state index contributed by atoms with van der Waals surface area (Å²) in [6.07, 6.45) is 1.77. The number of benzene rings is 2. The Morgan fingerprint density at radius 2 is 1.85 bits per heavy atom. The molecule has 0 radical (unpaired) electrons. The quantitative estimate of drug-likeness (QED) is 0.536. The number of aromatic nitrogens is 2. The molecule has 1 atom stereocenters. The first-order valence-corrected chi connectivity index (χ1v) is 11.2. The highest BCUT2D eigenvalue weighted by molar-refractivity contribution is 5.48. The number of hydrogen-bond donors (Lipinski definition) is 3. The molecule has 1 aromatic heterocycles. The molecule has 1 unspecified atom stereocenters. The van der Waals surface area contributed by atoms with E-state index in [4.69, 9.17) is 4.74 Å². The number of aromatic hydroxyl groups is 1.